The van der Waals surface area contributed by atoms with Gasteiger partial charge in [0.2, 0.25) is 0 Å². The molecule has 1 aromatic heterocycles. The highest BCUT2D eigenvalue weighted by atomic mass is 16.5. The smallest absolute Gasteiger partial charge is 0.200 e. The number of ether oxygens (including phenoxy) is 1. The molecule has 3 aromatic carbocycles. The zero-order valence-corrected chi connectivity index (χ0v) is 18.2. The standard InChI is InChI=1S/C27H27NO3/c1-4-28(5-2)24-18-23(29)22-17-21(19-13-9-7-10-14-19)26(30-6-3)25(27(22)31-24)20-15-11-8-12-16-20/h7-18H,4-6H2,1-3H3. The molecular formula is C27H27NO3. The van der Waals surface area contributed by atoms with Crippen LogP contribution in [-0.2, 0) is 0 Å². The van der Waals surface area contributed by atoms with Gasteiger partial charge >= 0.3 is 0 Å². The van der Waals surface area contributed by atoms with Gasteiger partial charge in [-0.3, -0.25) is 4.79 Å². The molecular weight excluding hydrogens is 386 g/mol. The molecule has 0 bridgehead atoms. The SMILES string of the molecule is CCOc1c(-c2ccccc2)cc2c(=O)cc(N(CC)CC)oc2c1-c1ccccc1. The van der Waals surface area contributed by atoms with Crippen LogP contribution in [0.4, 0.5) is 5.88 Å². The summed E-state index contributed by atoms with van der Waals surface area (Å²) in [5, 5.41) is 0.553. The summed E-state index contributed by atoms with van der Waals surface area (Å²) in [6.07, 6.45) is 0. The zero-order chi connectivity index (χ0) is 21.8. The summed E-state index contributed by atoms with van der Waals surface area (Å²) in [5.74, 6) is 1.31. The molecule has 0 spiro atoms. The fourth-order valence-electron chi connectivity index (χ4n) is 3.95. The third-order valence-corrected chi connectivity index (χ3v) is 5.47. The van der Waals surface area contributed by atoms with Crippen LogP contribution in [0, 0.1) is 0 Å². The first-order valence-electron chi connectivity index (χ1n) is 10.8. The van der Waals surface area contributed by atoms with Crippen LogP contribution in [0.5, 0.6) is 5.75 Å². The lowest BCUT2D eigenvalue weighted by Gasteiger charge is -2.22. The van der Waals surface area contributed by atoms with Gasteiger partial charge in [0.05, 0.1) is 17.6 Å². The number of anilines is 1. The number of fused-ring (bicyclic) bond motifs is 1. The highest BCUT2D eigenvalue weighted by molar-refractivity contribution is 6.01. The summed E-state index contributed by atoms with van der Waals surface area (Å²) in [6.45, 7) is 8.09. The molecule has 4 rings (SSSR count). The van der Waals surface area contributed by atoms with E-state index in [9.17, 15) is 4.79 Å². The van der Waals surface area contributed by atoms with Gasteiger partial charge in [0, 0.05) is 24.7 Å². The quantitative estimate of drug-likeness (QED) is 0.353. The van der Waals surface area contributed by atoms with Gasteiger partial charge < -0.3 is 14.1 Å². The van der Waals surface area contributed by atoms with Crippen LogP contribution in [0.25, 0.3) is 33.2 Å². The van der Waals surface area contributed by atoms with E-state index in [1.807, 2.05) is 78.6 Å². The average Bonchev–Trinajstić information content (AvgIpc) is 2.81. The molecule has 0 saturated heterocycles. The molecule has 0 N–H and O–H groups in total. The molecule has 0 radical (unpaired) electrons. The topological polar surface area (TPSA) is 42.7 Å². The second-order valence-corrected chi connectivity index (χ2v) is 7.29. The molecule has 158 valence electrons. The second kappa shape index (κ2) is 9.09. The van der Waals surface area contributed by atoms with Crippen LogP contribution in [0.3, 0.4) is 0 Å². The van der Waals surface area contributed by atoms with Gasteiger partial charge in [0.15, 0.2) is 16.9 Å². The minimum atomic E-state index is -0.0550. The average molecular weight is 414 g/mol. The van der Waals surface area contributed by atoms with E-state index in [4.69, 9.17) is 9.15 Å². The van der Waals surface area contributed by atoms with Crippen molar-refractivity contribution in [2.45, 2.75) is 20.8 Å². The van der Waals surface area contributed by atoms with Crippen molar-refractivity contribution >= 4 is 16.9 Å². The van der Waals surface area contributed by atoms with Crippen molar-refractivity contribution in [3.8, 4) is 28.0 Å². The van der Waals surface area contributed by atoms with Crippen LogP contribution in [0.15, 0.2) is 82.0 Å². The molecule has 4 nitrogen and oxygen atoms in total. The lowest BCUT2D eigenvalue weighted by Crippen LogP contribution is -2.23. The number of nitrogens with zero attached hydrogens (tertiary/aromatic N) is 1. The Morgan fingerprint density at radius 2 is 1.45 bits per heavy atom. The van der Waals surface area contributed by atoms with Crippen LogP contribution < -0.4 is 15.1 Å². The van der Waals surface area contributed by atoms with Gasteiger partial charge in [-0.05, 0) is 38.0 Å². The van der Waals surface area contributed by atoms with E-state index < -0.39 is 0 Å². The van der Waals surface area contributed by atoms with Crippen molar-refractivity contribution in [3.05, 3.63) is 83.0 Å². The van der Waals surface area contributed by atoms with Gasteiger partial charge in [-0.25, -0.2) is 0 Å². The third kappa shape index (κ3) is 3.93. The molecule has 0 atom stereocenters. The van der Waals surface area contributed by atoms with E-state index in [1.54, 1.807) is 6.07 Å². The summed E-state index contributed by atoms with van der Waals surface area (Å²) in [7, 11) is 0. The summed E-state index contributed by atoms with van der Waals surface area (Å²) in [4.78, 5) is 15.3. The summed E-state index contributed by atoms with van der Waals surface area (Å²) >= 11 is 0. The Morgan fingerprint density at radius 1 is 0.839 bits per heavy atom. The Kier molecular flexibility index (Phi) is 6.08. The fraction of sp³-hybridized carbons (Fsp3) is 0.222. The Bertz CT molecular complexity index is 1230. The molecule has 0 aliphatic rings. The largest absolute Gasteiger partial charge is 0.492 e. The second-order valence-electron chi connectivity index (χ2n) is 7.29. The number of rotatable bonds is 7. The Labute approximate surface area is 182 Å². The molecule has 1 heterocycles. The minimum absolute atomic E-state index is 0.0550. The minimum Gasteiger partial charge on any atom is -0.492 e. The van der Waals surface area contributed by atoms with E-state index in [0.29, 0.717) is 23.5 Å². The lowest BCUT2D eigenvalue weighted by atomic mass is 9.94. The van der Waals surface area contributed by atoms with Crippen LogP contribution in [-0.4, -0.2) is 19.7 Å². The predicted molar refractivity (Wildman–Crippen MR) is 128 cm³/mol. The first kappa shape index (κ1) is 20.7. The van der Waals surface area contributed by atoms with E-state index in [1.165, 1.54) is 0 Å². The monoisotopic (exact) mass is 413 g/mol. The van der Waals surface area contributed by atoms with E-state index in [0.717, 1.165) is 41.1 Å². The number of benzene rings is 3. The molecule has 0 unspecified atom stereocenters. The van der Waals surface area contributed by atoms with Gasteiger partial charge in [0.25, 0.3) is 0 Å². The van der Waals surface area contributed by atoms with Crippen molar-refractivity contribution < 1.29 is 9.15 Å². The third-order valence-electron chi connectivity index (χ3n) is 5.47. The van der Waals surface area contributed by atoms with E-state index in [-0.39, 0.29) is 5.43 Å². The van der Waals surface area contributed by atoms with Crippen molar-refractivity contribution in [1.82, 2.24) is 0 Å². The van der Waals surface area contributed by atoms with Gasteiger partial charge in [0.1, 0.15) is 5.75 Å². The summed E-state index contributed by atoms with van der Waals surface area (Å²) in [5.41, 5.74) is 4.15. The Balaban J connectivity index is 2.15. The van der Waals surface area contributed by atoms with Crippen molar-refractivity contribution in [2.24, 2.45) is 0 Å². The highest BCUT2D eigenvalue weighted by Crippen LogP contribution is 2.44. The van der Waals surface area contributed by atoms with Crippen molar-refractivity contribution in [2.75, 3.05) is 24.6 Å². The van der Waals surface area contributed by atoms with Gasteiger partial charge in [-0.1, -0.05) is 60.7 Å². The molecule has 0 saturated carbocycles. The Hall–Kier alpha value is -3.53. The summed E-state index contributed by atoms with van der Waals surface area (Å²) < 4.78 is 12.6. The van der Waals surface area contributed by atoms with Gasteiger partial charge in [-0.2, -0.15) is 0 Å². The van der Waals surface area contributed by atoms with Crippen molar-refractivity contribution in [3.63, 3.8) is 0 Å². The normalized spacial score (nSPS) is 10.9. The lowest BCUT2D eigenvalue weighted by molar-refractivity contribution is 0.343. The highest BCUT2D eigenvalue weighted by Gasteiger charge is 2.22. The fourth-order valence-corrected chi connectivity index (χ4v) is 3.95. The molecule has 0 amide bonds. The van der Waals surface area contributed by atoms with Gasteiger partial charge in [-0.15, -0.1) is 0 Å². The number of hydrogen-bond acceptors (Lipinski definition) is 4. The first-order chi connectivity index (χ1) is 15.2. The molecule has 4 aromatic rings. The molecule has 0 aliphatic carbocycles. The van der Waals surface area contributed by atoms with E-state index in [2.05, 4.69) is 13.8 Å². The molecule has 0 aliphatic heterocycles. The molecule has 0 fully saturated rings. The van der Waals surface area contributed by atoms with E-state index >= 15 is 0 Å². The molecule has 31 heavy (non-hydrogen) atoms. The van der Waals surface area contributed by atoms with Crippen molar-refractivity contribution in [1.29, 1.82) is 0 Å². The predicted octanol–water partition coefficient (Wildman–Crippen LogP) is 6.37. The van der Waals surface area contributed by atoms with Crippen LogP contribution >= 0.6 is 0 Å². The summed E-state index contributed by atoms with van der Waals surface area (Å²) in [6, 6.07) is 23.5. The Morgan fingerprint density at radius 3 is 2.03 bits per heavy atom. The zero-order valence-electron chi connectivity index (χ0n) is 18.2. The maximum atomic E-state index is 13.2. The maximum absolute atomic E-state index is 13.2. The van der Waals surface area contributed by atoms with Crippen LogP contribution in [0.2, 0.25) is 0 Å². The number of hydrogen-bond donors (Lipinski definition) is 0. The molecule has 4 heteroatoms. The first-order valence-corrected chi connectivity index (χ1v) is 10.8. The van der Waals surface area contributed by atoms with Crippen LogP contribution in [0.1, 0.15) is 20.8 Å². The maximum Gasteiger partial charge on any atom is 0.200 e.